The van der Waals surface area contributed by atoms with Crippen LogP contribution in [-0.2, 0) is 0 Å². The van der Waals surface area contributed by atoms with Gasteiger partial charge in [0.1, 0.15) is 5.15 Å². The van der Waals surface area contributed by atoms with E-state index in [4.69, 9.17) is 11.6 Å². The van der Waals surface area contributed by atoms with E-state index in [0.29, 0.717) is 11.1 Å². The predicted octanol–water partition coefficient (Wildman–Crippen LogP) is 3.80. The van der Waals surface area contributed by atoms with Crippen molar-refractivity contribution in [2.75, 3.05) is 13.1 Å². The Labute approximate surface area is 112 Å². The molecule has 1 atom stereocenters. The van der Waals surface area contributed by atoms with Crippen LogP contribution < -0.4 is 5.32 Å². The van der Waals surface area contributed by atoms with E-state index in [9.17, 15) is 0 Å². The van der Waals surface area contributed by atoms with E-state index in [-0.39, 0.29) is 0 Å². The van der Waals surface area contributed by atoms with Crippen molar-refractivity contribution in [1.82, 2.24) is 10.3 Å². The molecule has 1 aromatic heterocycles. The molecule has 0 unspecified atom stereocenters. The standard InChI is InChI=1S/C15H17ClN2/c16-15-8-7-14(18-15)12-5-3-11(4-6-12)13-2-1-9-17-10-13/h3-8,13,17-18H,1-2,9-10H2/t13-/m1/s1. The average molecular weight is 261 g/mol. The number of aromatic amines is 1. The highest BCUT2D eigenvalue weighted by atomic mass is 35.5. The zero-order chi connectivity index (χ0) is 12.4. The van der Waals surface area contributed by atoms with Crippen molar-refractivity contribution in [2.45, 2.75) is 18.8 Å². The van der Waals surface area contributed by atoms with E-state index in [0.717, 1.165) is 18.8 Å². The molecule has 0 aliphatic carbocycles. The van der Waals surface area contributed by atoms with E-state index in [1.807, 2.05) is 12.1 Å². The van der Waals surface area contributed by atoms with Crippen LogP contribution in [0.3, 0.4) is 0 Å². The van der Waals surface area contributed by atoms with E-state index in [2.05, 4.69) is 34.6 Å². The third kappa shape index (κ3) is 2.45. The molecule has 0 bridgehead atoms. The number of aromatic nitrogens is 1. The van der Waals surface area contributed by atoms with Gasteiger partial charge in [0.05, 0.1) is 0 Å². The Morgan fingerprint density at radius 1 is 1.06 bits per heavy atom. The molecule has 94 valence electrons. The molecule has 0 amide bonds. The second-order valence-electron chi connectivity index (χ2n) is 4.89. The van der Waals surface area contributed by atoms with Gasteiger partial charge >= 0.3 is 0 Å². The van der Waals surface area contributed by atoms with Gasteiger partial charge in [0, 0.05) is 12.2 Å². The highest BCUT2D eigenvalue weighted by molar-refractivity contribution is 6.29. The molecule has 1 fully saturated rings. The summed E-state index contributed by atoms with van der Waals surface area (Å²) in [5, 5.41) is 4.15. The fourth-order valence-corrected chi connectivity index (χ4v) is 2.77. The summed E-state index contributed by atoms with van der Waals surface area (Å²) in [6.45, 7) is 2.27. The number of H-pyrrole nitrogens is 1. The molecule has 2 nitrogen and oxygen atoms in total. The van der Waals surface area contributed by atoms with Gasteiger partial charge in [0.15, 0.2) is 0 Å². The van der Waals surface area contributed by atoms with Crippen LogP contribution in [0, 0.1) is 0 Å². The van der Waals surface area contributed by atoms with Crippen LogP contribution in [0.15, 0.2) is 36.4 Å². The van der Waals surface area contributed by atoms with Gasteiger partial charge in [-0.15, -0.1) is 0 Å². The Hall–Kier alpha value is -1.25. The minimum Gasteiger partial charge on any atom is -0.346 e. The van der Waals surface area contributed by atoms with Crippen molar-refractivity contribution in [3.63, 3.8) is 0 Å². The average Bonchev–Trinajstić information content (AvgIpc) is 2.87. The molecule has 0 radical (unpaired) electrons. The first-order chi connectivity index (χ1) is 8.83. The molecule has 18 heavy (non-hydrogen) atoms. The summed E-state index contributed by atoms with van der Waals surface area (Å²) in [5.74, 6) is 0.667. The number of benzene rings is 1. The van der Waals surface area contributed by atoms with Crippen molar-refractivity contribution in [1.29, 1.82) is 0 Å². The monoisotopic (exact) mass is 260 g/mol. The lowest BCUT2D eigenvalue weighted by atomic mass is 9.91. The zero-order valence-electron chi connectivity index (χ0n) is 10.2. The quantitative estimate of drug-likeness (QED) is 0.845. The topological polar surface area (TPSA) is 27.8 Å². The molecule has 1 aromatic carbocycles. The smallest absolute Gasteiger partial charge is 0.106 e. The number of rotatable bonds is 2. The first kappa shape index (κ1) is 11.8. The highest BCUT2D eigenvalue weighted by Crippen LogP contribution is 2.26. The van der Waals surface area contributed by atoms with Crippen LogP contribution in [0.5, 0.6) is 0 Å². The summed E-state index contributed by atoms with van der Waals surface area (Å²) in [7, 11) is 0. The third-order valence-electron chi connectivity index (χ3n) is 3.64. The van der Waals surface area contributed by atoms with Gasteiger partial charge in [-0.3, -0.25) is 0 Å². The van der Waals surface area contributed by atoms with Crippen molar-refractivity contribution in [3.8, 4) is 11.3 Å². The maximum absolute atomic E-state index is 5.90. The van der Waals surface area contributed by atoms with Crippen LogP contribution in [0.4, 0.5) is 0 Å². The maximum Gasteiger partial charge on any atom is 0.106 e. The second-order valence-corrected chi connectivity index (χ2v) is 5.29. The van der Waals surface area contributed by atoms with Gasteiger partial charge in [-0.25, -0.2) is 0 Å². The molecule has 1 aliphatic heterocycles. The minimum atomic E-state index is 0.667. The zero-order valence-corrected chi connectivity index (χ0v) is 11.0. The molecule has 0 spiro atoms. The van der Waals surface area contributed by atoms with Crippen LogP contribution >= 0.6 is 11.6 Å². The van der Waals surface area contributed by atoms with Gasteiger partial charge < -0.3 is 10.3 Å². The van der Waals surface area contributed by atoms with Gasteiger partial charge in [0.25, 0.3) is 0 Å². The Morgan fingerprint density at radius 2 is 1.89 bits per heavy atom. The summed E-state index contributed by atoms with van der Waals surface area (Å²) in [6, 6.07) is 12.7. The van der Waals surface area contributed by atoms with E-state index in [1.54, 1.807) is 0 Å². The van der Waals surface area contributed by atoms with E-state index < -0.39 is 0 Å². The SMILES string of the molecule is Clc1ccc(-c2ccc([C@@H]3CCCNC3)cc2)[nH]1. The summed E-state index contributed by atoms with van der Waals surface area (Å²) in [5.41, 5.74) is 3.70. The molecule has 1 aliphatic rings. The number of halogens is 1. The molecule has 3 heteroatoms. The third-order valence-corrected chi connectivity index (χ3v) is 3.86. The molecular formula is C15H17ClN2. The molecule has 0 saturated carbocycles. The maximum atomic E-state index is 5.90. The summed E-state index contributed by atoms with van der Waals surface area (Å²) >= 11 is 5.90. The molecule has 2 heterocycles. The second kappa shape index (κ2) is 5.17. The highest BCUT2D eigenvalue weighted by Gasteiger charge is 2.14. The van der Waals surface area contributed by atoms with Crippen molar-refractivity contribution < 1.29 is 0 Å². The number of piperidine rings is 1. The van der Waals surface area contributed by atoms with Crippen molar-refractivity contribution in [2.24, 2.45) is 0 Å². The number of nitrogens with one attached hydrogen (secondary N) is 2. The predicted molar refractivity (Wildman–Crippen MR) is 76.1 cm³/mol. The molecule has 1 saturated heterocycles. The fraction of sp³-hybridized carbons (Fsp3) is 0.333. The molecular weight excluding hydrogens is 244 g/mol. The Balaban J connectivity index is 1.80. The largest absolute Gasteiger partial charge is 0.346 e. The van der Waals surface area contributed by atoms with E-state index >= 15 is 0 Å². The van der Waals surface area contributed by atoms with Crippen LogP contribution in [0.2, 0.25) is 5.15 Å². The van der Waals surface area contributed by atoms with Gasteiger partial charge in [-0.05, 0) is 48.6 Å². The number of hydrogen-bond donors (Lipinski definition) is 2. The first-order valence-corrected chi connectivity index (χ1v) is 6.86. The summed E-state index contributed by atoms with van der Waals surface area (Å²) < 4.78 is 0. The fourth-order valence-electron chi connectivity index (χ4n) is 2.61. The lowest BCUT2D eigenvalue weighted by Gasteiger charge is -2.23. The lowest BCUT2D eigenvalue weighted by molar-refractivity contribution is 0.461. The Bertz CT molecular complexity index is 510. The Kier molecular flexibility index (Phi) is 3.39. The normalized spacial score (nSPS) is 19.9. The van der Waals surface area contributed by atoms with Crippen LogP contribution in [-0.4, -0.2) is 18.1 Å². The van der Waals surface area contributed by atoms with Crippen molar-refractivity contribution >= 4 is 11.6 Å². The van der Waals surface area contributed by atoms with Crippen LogP contribution in [0.1, 0.15) is 24.3 Å². The van der Waals surface area contributed by atoms with E-state index in [1.165, 1.54) is 24.0 Å². The Morgan fingerprint density at radius 3 is 2.50 bits per heavy atom. The summed E-state index contributed by atoms with van der Waals surface area (Å²) in [4.78, 5) is 3.14. The first-order valence-electron chi connectivity index (χ1n) is 6.48. The summed E-state index contributed by atoms with van der Waals surface area (Å²) in [6.07, 6.45) is 2.57. The molecule has 2 N–H and O–H groups in total. The van der Waals surface area contributed by atoms with Crippen LogP contribution in [0.25, 0.3) is 11.3 Å². The molecule has 2 aromatic rings. The van der Waals surface area contributed by atoms with Gasteiger partial charge in [0.2, 0.25) is 0 Å². The minimum absolute atomic E-state index is 0.667. The van der Waals surface area contributed by atoms with Crippen molar-refractivity contribution in [3.05, 3.63) is 47.1 Å². The lowest BCUT2D eigenvalue weighted by Crippen LogP contribution is -2.28. The van der Waals surface area contributed by atoms with Gasteiger partial charge in [-0.2, -0.15) is 0 Å². The number of hydrogen-bond acceptors (Lipinski definition) is 1. The molecule has 3 rings (SSSR count). The van der Waals surface area contributed by atoms with Gasteiger partial charge in [-0.1, -0.05) is 35.9 Å².